The number of rotatable bonds is 8. The molecule has 0 saturated carbocycles. The molecular formula is C24H25Cl2N3O5S. The summed E-state index contributed by atoms with van der Waals surface area (Å²) in [6.07, 6.45) is 3.75. The van der Waals surface area contributed by atoms with Crippen molar-refractivity contribution in [2.45, 2.75) is 43.7 Å². The summed E-state index contributed by atoms with van der Waals surface area (Å²) in [6, 6.07) is 10.7. The van der Waals surface area contributed by atoms with Gasteiger partial charge in [0.25, 0.3) is 0 Å². The lowest BCUT2D eigenvalue weighted by atomic mass is 9.93. The Labute approximate surface area is 214 Å². The summed E-state index contributed by atoms with van der Waals surface area (Å²) in [5, 5.41) is 5.07. The summed E-state index contributed by atoms with van der Waals surface area (Å²) in [4.78, 5) is 12.0. The predicted octanol–water partition coefficient (Wildman–Crippen LogP) is 5.24. The number of sulfonamides is 1. The molecule has 186 valence electrons. The third-order valence-electron chi connectivity index (χ3n) is 5.88. The third-order valence-corrected chi connectivity index (χ3v) is 8.29. The van der Waals surface area contributed by atoms with E-state index < -0.39 is 16.1 Å². The Bertz CT molecular complexity index is 1330. The first kappa shape index (κ1) is 25.5. The van der Waals surface area contributed by atoms with Crippen LogP contribution in [0.1, 0.15) is 37.1 Å². The lowest BCUT2D eigenvalue weighted by molar-refractivity contribution is -0.144. The molecule has 1 aromatic heterocycles. The first-order valence-corrected chi connectivity index (χ1v) is 13.3. The number of nitrogens with zero attached hydrogens (tertiary/aromatic N) is 3. The predicted molar refractivity (Wildman–Crippen MR) is 132 cm³/mol. The molecule has 8 nitrogen and oxygen atoms in total. The maximum atomic E-state index is 13.5. The van der Waals surface area contributed by atoms with E-state index in [1.807, 2.05) is 0 Å². The van der Waals surface area contributed by atoms with Crippen LogP contribution in [0, 0.1) is 0 Å². The number of aromatic nitrogens is 2. The van der Waals surface area contributed by atoms with Crippen LogP contribution < -0.4 is 4.74 Å². The van der Waals surface area contributed by atoms with Crippen molar-refractivity contribution in [1.82, 2.24) is 14.1 Å². The fourth-order valence-electron chi connectivity index (χ4n) is 4.13. The Morgan fingerprint density at radius 1 is 1.20 bits per heavy atom. The Kier molecular flexibility index (Phi) is 7.70. The average Bonchev–Trinajstić information content (AvgIpc) is 3.24. The van der Waals surface area contributed by atoms with Crippen molar-refractivity contribution in [3.05, 3.63) is 70.0 Å². The van der Waals surface area contributed by atoms with E-state index in [1.54, 1.807) is 49.1 Å². The van der Waals surface area contributed by atoms with Crippen molar-refractivity contribution < 1.29 is 22.7 Å². The van der Waals surface area contributed by atoms with Crippen LogP contribution in [0.25, 0.3) is 0 Å². The highest BCUT2D eigenvalue weighted by Crippen LogP contribution is 2.38. The van der Waals surface area contributed by atoms with Crippen molar-refractivity contribution in [3.8, 4) is 11.5 Å². The number of benzene rings is 2. The molecule has 11 heteroatoms. The summed E-state index contributed by atoms with van der Waals surface area (Å²) in [5.41, 5.74) is 1.64. The molecule has 0 bridgehead atoms. The quantitative estimate of drug-likeness (QED) is 0.364. The lowest BCUT2D eigenvalue weighted by Crippen LogP contribution is -2.33. The van der Waals surface area contributed by atoms with E-state index in [2.05, 4.69) is 5.10 Å². The number of esters is 1. The highest BCUT2D eigenvalue weighted by molar-refractivity contribution is 7.89. The first-order chi connectivity index (χ1) is 16.7. The van der Waals surface area contributed by atoms with Gasteiger partial charge in [-0.05, 0) is 68.7 Å². The zero-order valence-corrected chi connectivity index (χ0v) is 21.6. The van der Waals surface area contributed by atoms with Gasteiger partial charge in [-0.1, -0.05) is 23.2 Å². The number of halogens is 2. The van der Waals surface area contributed by atoms with Gasteiger partial charge in [0, 0.05) is 23.3 Å². The minimum atomic E-state index is -3.87. The van der Waals surface area contributed by atoms with Crippen LogP contribution in [0.15, 0.2) is 53.6 Å². The molecule has 1 atom stereocenters. The molecule has 1 unspecified atom stereocenters. The largest absolute Gasteiger partial charge is 0.465 e. The smallest absolute Gasteiger partial charge is 0.327 e. The average molecular weight is 538 g/mol. The van der Waals surface area contributed by atoms with Crippen LogP contribution in [0.5, 0.6) is 11.5 Å². The van der Waals surface area contributed by atoms with E-state index in [-0.39, 0.29) is 29.0 Å². The molecule has 4 rings (SSSR count). The van der Waals surface area contributed by atoms with Crippen molar-refractivity contribution in [2.75, 3.05) is 13.7 Å². The van der Waals surface area contributed by atoms with E-state index in [0.717, 1.165) is 17.7 Å². The molecule has 0 radical (unpaired) electrons. The molecule has 0 spiro atoms. The first-order valence-electron chi connectivity index (χ1n) is 11.1. The molecular weight excluding hydrogens is 513 g/mol. The van der Waals surface area contributed by atoms with Crippen molar-refractivity contribution in [1.29, 1.82) is 0 Å². The summed E-state index contributed by atoms with van der Waals surface area (Å²) >= 11 is 12.3. The maximum absolute atomic E-state index is 13.5. The van der Waals surface area contributed by atoms with Crippen molar-refractivity contribution >= 4 is 39.2 Å². The molecule has 0 fully saturated rings. The molecule has 3 aromatic rings. The Balaban J connectivity index is 1.56. The van der Waals surface area contributed by atoms with Gasteiger partial charge in [-0.25, -0.2) is 8.42 Å². The van der Waals surface area contributed by atoms with Crippen LogP contribution >= 0.6 is 23.2 Å². The third kappa shape index (κ3) is 5.48. The lowest BCUT2D eigenvalue weighted by Gasteiger charge is -2.31. The second kappa shape index (κ2) is 10.6. The summed E-state index contributed by atoms with van der Waals surface area (Å²) in [7, 11) is -2.33. The van der Waals surface area contributed by atoms with Gasteiger partial charge in [-0.2, -0.15) is 9.40 Å². The number of hydrogen-bond acceptors (Lipinski definition) is 6. The van der Waals surface area contributed by atoms with Gasteiger partial charge in [-0.15, -0.1) is 0 Å². The molecule has 0 N–H and O–H groups in total. The zero-order chi connectivity index (χ0) is 25.2. The van der Waals surface area contributed by atoms with Gasteiger partial charge < -0.3 is 9.47 Å². The Morgan fingerprint density at radius 2 is 1.94 bits per heavy atom. The van der Waals surface area contributed by atoms with Gasteiger partial charge in [0.05, 0.1) is 28.8 Å². The van der Waals surface area contributed by atoms with Crippen LogP contribution in [0.2, 0.25) is 10.0 Å². The van der Waals surface area contributed by atoms with Crippen LogP contribution in [0.3, 0.4) is 0 Å². The van der Waals surface area contributed by atoms with E-state index in [1.165, 1.54) is 22.5 Å². The second-order valence-corrected chi connectivity index (χ2v) is 10.9. The number of ether oxygens (including phenoxy) is 2. The van der Waals surface area contributed by atoms with Crippen LogP contribution in [0.4, 0.5) is 0 Å². The molecule has 1 heterocycles. The molecule has 1 aliphatic carbocycles. The van der Waals surface area contributed by atoms with Crippen LogP contribution in [-0.2, 0) is 32.5 Å². The van der Waals surface area contributed by atoms with Crippen molar-refractivity contribution in [3.63, 3.8) is 0 Å². The number of carbonyl (C=O) groups excluding carboxylic acids is 1. The SMILES string of the molecule is CCOC(=O)Cn1ncc2c1CCCC2N(C)S(=O)(=O)c1ccc(Oc2ccc(Cl)cc2)c(Cl)c1. The topological polar surface area (TPSA) is 90.7 Å². The van der Waals surface area contributed by atoms with Gasteiger partial charge >= 0.3 is 5.97 Å². The molecule has 1 aliphatic rings. The molecule has 35 heavy (non-hydrogen) atoms. The fourth-order valence-corrected chi connectivity index (χ4v) is 5.93. The molecule has 0 amide bonds. The normalized spacial score (nSPS) is 15.6. The number of carbonyl (C=O) groups is 1. The van der Waals surface area contributed by atoms with Gasteiger partial charge in [0.15, 0.2) is 0 Å². The molecule has 0 aliphatic heterocycles. The minimum absolute atomic E-state index is 0.00293. The second-order valence-electron chi connectivity index (χ2n) is 8.09. The van der Waals surface area contributed by atoms with E-state index in [4.69, 9.17) is 32.7 Å². The minimum Gasteiger partial charge on any atom is -0.465 e. The summed E-state index contributed by atoms with van der Waals surface area (Å²) < 4.78 is 40.7. The zero-order valence-electron chi connectivity index (χ0n) is 19.3. The summed E-state index contributed by atoms with van der Waals surface area (Å²) in [5.74, 6) is 0.478. The molecule has 0 saturated heterocycles. The molecule has 2 aromatic carbocycles. The van der Waals surface area contributed by atoms with Crippen LogP contribution in [-0.4, -0.2) is 42.1 Å². The van der Waals surface area contributed by atoms with Crippen molar-refractivity contribution in [2.24, 2.45) is 0 Å². The number of hydrogen-bond donors (Lipinski definition) is 0. The Hall–Kier alpha value is -2.59. The van der Waals surface area contributed by atoms with E-state index in [9.17, 15) is 13.2 Å². The summed E-state index contributed by atoms with van der Waals surface area (Å²) in [6.45, 7) is 2.03. The standard InChI is InChI=1S/C24H25Cl2N3O5S/c1-3-33-24(30)15-29-22-6-4-5-21(19(22)14-27-29)28(2)35(31,32)18-11-12-23(20(26)13-18)34-17-9-7-16(25)8-10-17/h7-14,21H,3-6,15H2,1-2H3. The highest BCUT2D eigenvalue weighted by atomic mass is 35.5. The number of fused-ring (bicyclic) bond motifs is 1. The van der Waals surface area contributed by atoms with E-state index >= 15 is 0 Å². The van der Waals surface area contributed by atoms with Gasteiger partial charge in [0.2, 0.25) is 10.0 Å². The van der Waals surface area contributed by atoms with Gasteiger partial charge in [0.1, 0.15) is 18.0 Å². The fraction of sp³-hybridized carbons (Fsp3) is 0.333. The van der Waals surface area contributed by atoms with E-state index in [0.29, 0.717) is 29.4 Å². The van der Waals surface area contributed by atoms with Gasteiger partial charge in [-0.3, -0.25) is 9.48 Å². The Morgan fingerprint density at radius 3 is 2.63 bits per heavy atom. The highest BCUT2D eigenvalue weighted by Gasteiger charge is 2.34. The monoisotopic (exact) mass is 537 g/mol. The maximum Gasteiger partial charge on any atom is 0.327 e.